The van der Waals surface area contributed by atoms with E-state index in [4.69, 9.17) is 4.52 Å². The van der Waals surface area contributed by atoms with E-state index in [0.29, 0.717) is 35.6 Å². The van der Waals surface area contributed by atoms with Crippen molar-refractivity contribution < 1.29 is 27.1 Å². The minimum absolute atomic E-state index is 0.0123. The summed E-state index contributed by atoms with van der Waals surface area (Å²) in [6.45, 7) is 1.73. The number of carbonyl (C=O) groups excluding carboxylic acids is 2. The highest BCUT2D eigenvalue weighted by Crippen LogP contribution is 2.36. The van der Waals surface area contributed by atoms with Gasteiger partial charge in [-0.1, -0.05) is 5.16 Å². The van der Waals surface area contributed by atoms with Crippen LogP contribution >= 0.6 is 0 Å². The second kappa shape index (κ2) is 8.10. The second-order valence-electron chi connectivity index (χ2n) is 8.85. The van der Waals surface area contributed by atoms with Crippen LogP contribution in [0.1, 0.15) is 29.9 Å². The Hall–Kier alpha value is -3.89. The van der Waals surface area contributed by atoms with Gasteiger partial charge in [0, 0.05) is 24.9 Å². The van der Waals surface area contributed by atoms with Gasteiger partial charge in [-0.2, -0.15) is 29.4 Å². The molecule has 1 N–H and O–H groups in total. The number of amides is 3. The fourth-order valence-corrected chi connectivity index (χ4v) is 5.54. The molecule has 2 aliphatic carbocycles. The number of hydrogen-bond donors (Lipinski definition) is 1. The van der Waals surface area contributed by atoms with Crippen molar-refractivity contribution in [3.8, 4) is 6.07 Å². The number of nitrogens with zero attached hydrogens (tertiary/aromatic N) is 6. The second-order valence-corrected chi connectivity index (χ2v) is 10.5. The molecule has 1 saturated carbocycles. The number of rotatable bonds is 7. The van der Waals surface area contributed by atoms with Crippen LogP contribution in [-0.2, 0) is 35.0 Å². The summed E-state index contributed by atoms with van der Waals surface area (Å²) >= 11 is 0. The lowest BCUT2D eigenvalue weighted by atomic mass is 9.94. The van der Waals surface area contributed by atoms with Crippen molar-refractivity contribution in [3.05, 3.63) is 58.6 Å². The van der Waals surface area contributed by atoms with Gasteiger partial charge < -0.3 is 4.52 Å². The molecule has 180 valence electrons. The van der Waals surface area contributed by atoms with Gasteiger partial charge in [-0.05, 0) is 38.0 Å². The summed E-state index contributed by atoms with van der Waals surface area (Å²) in [6, 6.07) is 3.11. The van der Waals surface area contributed by atoms with Gasteiger partial charge in [0.05, 0.1) is 22.9 Å². The number of imide groups is 1. The monoisotopic (exact) mass is 496 g/mol. The van der Waals surface area contributed by atoms with Gasteiger partial charge in [0.1, 0.15) is 23.7 Å². The highest BCUT2D eigenvalue weighted by molar-refractivity contribution is 7.93. The Morgan fingerprint density at radius 1 is 1.34 bits per heavy atom. The third kappa shape index (κ3) is 4.22. The van der Waals surface area contributed by atoms with E-state index in [9.17, 15) is 23.3 Å². The minimum Gasteiger partial charge on any atom is -0.357 e. The lowest BCUT2D eigenvalue weighted by Crippen LogP contribution is -2.54. The zero-order chi connectivity index (χ0) is 25.0. The number of fused-ring (bicyclic) bond motifs is 1. The van der Waals surface area contributed by atoms with Crippen molar-refractivity contribution >= 4 is 27.7 Å². The van der Waals surface area contributed by atoms with Crippen LogP contribution in [-0.4, -0.2) is 56.0 Å². The topological polar surface area (TPSA) is 154 Å². The van der Waals surface area contributed by atoms with Crippen LogP contribution in [0.4, 0.5) is 4.79 Å². The highest BCUT2D eigenvalue weighted by atomic mass is 32.2. The number of carbonyl (C=O) groups is 2. The van der Waals surface area contributed by atoms with Crippen LogP contribution in [0.2, 0.25) is 0 Å². The van der Waals surface area contributed by atoms with Crippen LogP contribution < -0.4 is 4.72 Å². The standard InChI is InChI=1S/C22H22N7O5S/c1-14-7-16(34-25-14)12-28-19-4-3-17(35(32,33)26-22(13-23)5-6-22)8-18(19)20(30)29(21(28)31)11-15-9-24-27(2)10-15/h3-4,7-10,18,26H,5-6,11-12H2,1-2H3/q+1. The first-order chi connectivity index (χ1) is 16.6. The lowest BCUT2D eigenvalue weighted by Gasteiger charge is -2.27. The summed E-state index contributed by atoms with van der Waals surface area (Å²) in [5.41, 5.74) is 0.505. The molecule has 1 fully saturated rings. The number of nitrogens with one attached hydrogen (secondary N) is 1. The van der Waals surface area contributed by atoms with Crippen molar-refractivity contribution in [2.24, 2.45) is 13.0 Å². The quantitative estimate of drug-likeness (QED) is 0.554. The van der Waals surface area contributed by atoms with E-state index in [1.54, 1.807) is 37.1 Å². The molecule has 3 amide bonds. The minimum atomic E-state index is -4.05. The van der Waals surface area contributed by atoms with Crippen LogP contribution in [0.3, 0.4) is 0 Å². The number of sulfonamides is 1. The summed E-state index contributed by atoms with van der Waals surface area (Å²) in [4.78, 5) is 27.8. The molecule has 0 radical (unpaired) electrons. The molecule has 0 spiro atoms. The van der Waals surface area contributed by atoms with E-state index in [2.05, 4.69) is 15.0 Å². The Morgan fingerprint density at radius 2 is 2.11 bits per heavy atom. The van der Waals surface area contributed by atoms with Crippen LogP contribution in [0.15, 0.2) is 46.1 Å². The molecule has 5 rings (SSSR count). The average Bonchev–Trinajstić information content (AvgIpc) is 3.26. The molecule has 1 unspecified atom stereocenters. The van der Waals surface area contributed by atoms with Crippen LogP contribution in [0, 0.1) is 24.2 Å². The first kappa shape index (κ1) is 22.9. The fourth-order valence-electron chi connectivity index (χ4n) is 4.09. The number of aryl methyl sites for hydroxylation is 2. The SMILES string of the molecule is Cc1cc(C[N+]2=C3C=CC(S(=O)(=O)NC4(C#N)CC4)=CC3C(=O)N(Cc3cnn(C)c3)C2=O)on1. The Bertz CT molecular complexity index is 1480. The molecule has 3 aliphatic rings. The number of aromatic nitrogens is 3. The van der Waals surface area contributed by atoms with Crippen molar-refractivity contribution in [1.82, 2.24) is 24.6 Å². The predicted molar refractivity (Wildman–Crippen MR) is 120 cm³/mol. The molecule has 35 heavy (non-hydrogen) atoms. The highest BCUT2D eigenvalue weighted by Gasteiger charge is 2.50. The smallest absolute Gasteiger partial charge is 0.357 e. The van der Waals surface area contributed by atoms with Gasteiger partial charge in [0.2, 0.25) is 10.0 Å². The summed E-state index contributed by atoms with van der Waals surface area (Å²) in [5, 5.41) is 17.2. The maximum absolute atomic E-state index is 13.5. The van der Waals surface area contributed by atoms with Gasteiger partial charge in [0.15, 0.2) is 12.3 Å². The summed E-state index contributed by atoms with van der Waals surface area (Å²) in [7, 11) is -2.33. The Kier molecular flexibility index (Phi) is 5.30. The molecule has 12 nitrogen and oxygen atoms in total. The van der Waals surface area contributed by atoms with E-state index in [1.807, 2.05) is 6.07 Å². The first-order valence-electron chi connectivity index (χ1n) is 10.9. The Labute approximate surface area is 200 Å². The molecule has 0 aromatic carbocycles. The third-order valence-electron chi connectivity index (χ3n) is 6.07. The Balaban J connectivity index is 1.54. The van der Waals surface area contributed by atoms with E-state index < -0.39 is 33.4 Å². The van der Waals surface area contributed by atoms with E-state index >= 15 is 0 Å². The fraction of sp³-hybridized carbons (Fsp3) is 0.364. The molecule has 0 bridgehead atoms. The van der Waals surface area contributed by atoms with Crippen LogP contribution in [0.25, 0.3) is 0 Å². The molecular weight excluding hydrogens is 474 g/mol. The number of urea groups is 1. The molecule has 3 heterocycles. The molecule has 1 atom stereocenters. The summed E-state index contributed by atoms with van der Waals surface area (Å²) in [5.74, 6) is -1.17. The maximum Gasteiger partial charge on any atom is 0.501 e. The molecule has 0 saturated heterocycles. The van der Waals surface area contributed by atoms with E-state index in [1.165, 1.54) is 22.8 Å². The first-order valence-corrected chi connectivity index (χ1v) is 12.3. The van der Waals surface area contributed by atoms with Crippen molar-refractivity contribution in [3.63, 3.8) is 0 Å². The van der Waals surface area contributed by atoms with Gasteiger partial charge in [-0.25, -0.2) is 13.2 Å². The number of nitriles is 1. The summed E-state index contributed by atoms with van der Waals surface area (Å²) < 4.78 is 36.6. The molecule has 13 heteroatoms. The maximum atomic E-state index is 13.5. The van der Waals surface area contributed by atoms with Crippen molar-refractivity contribution in [1.29, 1.82) is 5.26 Å². The van der Waals surface area contributed by atoms with Crippen molar-refractivity contribution in [2.45, 2.75) is 38.4 Å². The largest absolute Gasteiger partial charge is 0.501 e. The van der Waals surface area contributed by atoms with Gasteiger partial charge in [0.25, 0.3) is 0 Å². The normalized spacial score (nSPS) is 21.1. The van der Waals surface area contributed by atoms with Crippen molar-refractivity contribution in [2.75, 3.05) is 0 Å². The summed E-state index contributed by atoms with van der Waals surface area (Å²) in [6.07, 6.45) is 8.20. The van der Waals surface area contributed by atoms with Gasteiger partial charge >= 0.3 is 11.9 Å². The molecule has 2 aromatic rings. The lowest BCUT2D eigenvalue weighted by molar-refractivity contribution is -0.459. The Morgan fingerprint density at radius 3 is 2.71 bits per heavy atom. The number of allylic oxidation sites excluding steroid dienone is 2. The van der Waals surface area contributed by atoms with Crippen LogP contribution in [0.5, 0.6) is 0 Å². The zero-order valence-corrected chi connectivity index (χ0v) is 19.8. The molecular formula is C22H22N7O5S+. The van der Waals surface area contributed by atoms with E-state index in [-0.39, 0.29) is 18.0 Å². The average molecular weight is 497 g/mol. The predicted octanol–water partition coefficient (Wildman–Crippen LogP) is 0.878. The van der Waals surface area contributed by atoms with Gasteiger partial charge in [-0.3, -0.25) is 4.68 Å². The van der Waals surface area contributed by atoms with E-state index in [0.717, 1.165) is 4.90 Å². The molecule has 1 aliphatic heterocycles. The molecule has 2 aromatic heterocycles. The zero-order valence-electron chi connectivity index (χ0n) is 19.0. The van der Waals surface area contributed by atoms with Gasteiger partial charge in [-0.15, -0.1) is 0 Å². The number of hydrogen-bond acceptors (Lipinski definition) is 8. The third-order valence-corrected chi connectivity index (χ3v) is 7.62.